The highest BCUT2D eigenvalue weighted by Crippen LogP contribution is 2.39. The van der Waals surface area contributed by atoms with Crippen LogP contribution in [0.1, 0.15) is 29.9 Å². The monoisotopic (exact) mass is 188 g/mol. The Kier molecular flexibility index (Phi) is 4.18. The Bertz CT molecular complexity index is 331. The summed E-state index contributed by atoms with van der Waals surface area (Å²) in [6, 6.07) is 10.1. The van der Waals surface area contributed by atoms with Gasteiger partial charge in [0.1, 0.15) is 0 Å². The summed E-state index contributed by atoms with van der Waals surface area (Å²) in [4.78, 5) is 0. The molecule has 3 nitrogen and oxygen atoms in total. The van der Waals surface area contributed by atoms with Crippen molar-refractivity contribution < 1.29 is 10.0 Å². The van der Waals surface area contributed by atoms with Gasteiger partial charge in [-0.15, -0.1) is 0 Å². The van der Waals surface area contributed by atoms with Crippen molar-refractivity contribution in [1.82, 2.24) is 0 Å². The van der Waals surface area contributed by atoms with Crippen LogP contribution in [0.25, 0.3) is 0 Å². The van der Waals surface area contributed by atoms with Crippen LogP contribution in [0.4, 0.5) is 0 Å². The van der Waals surface area contributed by atoms with E-state index < -0.39 is 0 Å². The van der Waals surface area contributed by atoms with Crippen LogP contribution < -0.4 is 0 Å². The van der Waals surface area contributed by atoms with Gasteiger partial charge in [-0.3, -0.25) is 0 Å². The molecule has 0 atom stereocenters. The van der Waals surface area contributed by atoms with Gasteiger partial charge in [0.15, 0.2) is 0 Å². The van der Waals surface area contributed by atoms with E-state index in [-0.39, 0.29) is 7.69 Å². The molecule has 4 heteroatoms. The smallest absolute Gasteiger partial charge is 0.429 e. The third kappa shape index (κ3) is 3.21. The van der Waals surface area contributed by atoms with E-state index >= 15 is 0 Å². The van der Waals surface area contributed by atoms with Gasteiger partial charge in [0.2, 0.25) is 0 Å². The van der Waals surface area contributed by atoms with Gasteiger partial charge < -0.3 is 10.0 Å². The largest absolute Gasteiger partial charge is 0.482 e. The molecule has 14 heavy (non-hydrogen) atoms. The van der Waals surface area contributed by atoms with E-state index in [0.717, 1.165) is 11.5 Å². The number of hydrogen-bond donors (Lipinski definition) is 2. The third-order valence-corrected chi connectivity index (χ3v) is 2.06. The van der Waals surface area contributed by atoms with Gasteiger partial charge in [0, 0.05) is 0 Å². The maximum Gasteiger partial charge on any atom is 0.482 e. The summed E-state index contributed by atoms with van der Waals surface area (Å²) in [5.41, 5.74) is 2.12. The predicted molar refractivity (Wildman–Crippen MR) is 53.3 cm³/mol. The summed E-state index contributed by atoms with van der Waals surface area (Å²) in [5, 5.41) is 22.6. The van der Waals surface area contributed by atoms with Crippen molar-refractivity contribution in [2.24, 2.45) is 0 Å². The molecule has 1 aromatic rings. The van der Waals surface area contributed by atoms with Crippen LogP contribution in [0.2, 0.25) is 0 Å². The van der Waals surface area contributed by atoms with Crippen molar-refractivity contribution >= 4 is 7.69 Å². The molecule has 2 rings (SSSR count). The first-order valence-corrected chi connectivity index (χ1v) is 4.42. The third-order valence-electron chi connectivity index (χ3n) is 2.06. The van der Waals surface area contributed by atoms with Crippen LogP contribution >= 0.6 is 0 Å². The lowest BCUT2D eigenvalue weighted by Gasteiger charge is -1.95. The summed E-state index contributed by atoms with van der Waals surface area (Å²) < 4.78 is 0. The fourth-order valence-corrected chi connectivity index (χ4v) is 1.28. The first-order valence-electron chi connectivity index (χ1n) is 4.42. The van der Waals surface area contributed by atoms with E-state index in [2.05, 4.69) is 12.1 Å². The van der Waals surface area contributed by atoms with Gasteiger partial charge >= 0.3 is 7.69 Å². The Morgan fingerprint density at radius 1 is 1.36 bits per heavy atom. The maximum absolute atomic E-state index is 8.61. The second kappa shape index (κ2) is 5.43. The van der Waals surface area contributed by atoms with Gasteiger partial charge in [-0.1, -0.05) is 12.1 Å². The van der Waals surface area contributed by atoms with Crippen molar-refractivity contribution in [3.8, 4) is 6.07 Å². The van der Waals surface area contributed by atoms with Crippen molar-refractivity contribution in [2.75, 3.05) is 0 Å². The fourth-order valence-electron chi connectivity index (χ4n) is 1.28. The number of hydrogen-bond acceptors (Lipinski definition) is 3. The van der Waals surface area contributed by atoms with Gasteiger partial charge in [-0.05, 0) is 36.5 Å². The zero-order valence-electron chi connectivity index (χ0n) is 7.72. The molecule has 1 saturated carbocycles. The summed E-state index contributed by atoms with van der Waals surface area (Å²) in [5.74, 6) is 0.753. The van der Waals surface area contributed by atoms with E-state index in [9.17, 15) is 0 Å². The Labute approximate surface area is 83.9 Å². The summed E-state index contributed by atoms with van der Waals surface area (Å²) in [6.07, 6.45) is 2.60. The van der Waals surface area contributed by atoms with Crippen LogP contribution in [-0.4, -0.2) is 17.7 Å². The maximum atomic E-state index is 8.61. The molecule has 0 heterocycles. The molecule has 0 bridgehead atoms. The molecule has 0 amide bonds. The fraction of sp³-hybridized carbons (Fsp3) is 0.300. The zero-order valence-corrected chi connectivity index (χ0v) is 7.72. The number of nitriles is 1. The highest BCUT2D eigenvalue weighted by atomic mass is 16.4. The molecule has 0 aliphatic heterocycles. The Hall–Kier alpha value is -1.31. The van der Waals surface area contributed by atoms with Crippen molar-refractivity contribution in [3.05, 3.63) is 35.4 Å². The Morgan fingerprint density at radius 2 is 2.00 bits per heavy atom. The standard InChI is InChI=1S/C10H9N.BH2O2/c11-7-8-2-1-3-10(6-8)9-4-5-9;2-1-3/h1-3,6,9H,4-5H2;2-3H. The van der Waals surface area contributed by atoms with Gasteiger partial charge in [-0.25, -0.2) is 0 Å². The lowest BCUT2D eigenvalue weighted by Crippen LogP contribution is -1.79. The summed E-state index contributed by atoms with van der Waals surface area (Å²) in [7, 11) is 0. The SMILES string of the molecule is N#Cc1cccc(C2CC2)c1.O[B]O. The minimum Gasteiger partial charge on any atom is -0.429 e. The average Bonchev–Trinajstić information content (AvgIpc) is 3.02. The van der Waals surface area contributed by atoms with Crippen molar-refractivity contribution in [2.45, 2.75) is 18.8 Å². The lowest BCUT2D eigenvalue weighted by atomic mass is 10.1. The number of rotatable bonds is 1. The van der Waals surface area contributed by atoms with E-state index in [4.69, 9.17) is 15.3 Å². The minimum absolute atomic E-state index is 0. The molecule has 2 N–H and O–H groups in total. The Balaban J connectivity index is 0.000000293. The minimum atomic E-state index is 0. The van der Waals surface area contributed by atoms with Gasteiger partial charge in [0.05, 0.1) is 11.6 Å². The first-order chi connectivity index (χ1) is 6.81. The molecule has 1 aliphatic rings. The lowest BCUT2D eigenvalue weighted by molar-refractivity contribution is 0.448. The summed E-state index contributed by atoms with van der Waals surface area (Å²) >= 11 is 0. The second-order valence-electron chi connectivity index (χ2n) is 3.13. The molecule has 71 valence electrons. The highest BCUT2D eigenvalue weighted by Gasteiger charge is 2.23. The van der Waals surface area contributed by atoms with Crippen molar-refractivity contribution in [3.63, 3.8) is 0 Å². The molecule has 0 saturated heterocycles. The Morgan fingerprint density at radius 3 is 2.50 bits per heavy atom. The van der Waals surface area contributed by atoms with Crippen LogP contribution in [-0.2, 0) is 0 Å². The average molecular weight is 188 g/mol. The quantitative estimate of drug-likeness (QED) is 0.644. The van der Waals surface area contributed by atoms with Crippen molar-refractivity contribution in [1.29, 1.82) is 5.26 Å². The molecule has 0 aromatic heterocycles. The van der Waals surface area contributed by atoms with Gasteiger partial charge in [0.25, 0.3) is 0 Å². The molecule has 0 spiro atoms. The first kappa shape index (κ1) is 10.8. The molecule has 0 unspecified atom stereocenters. The van der Waals surface area contributed by atoms with Crippen LogP contribution in [0.5, 0.6) is 0 Å². The van der Waals surface area contributed by atoms with E-state index in [1.807, 2.05) is 18.2 Å². The zero-order chi connectivity index (χ0) is 10.4. The predicted octanol–water partition coefficient (Wildman–Crippen LogP) is 0.941. The molecule has 1 fully saturated rings. The van der Waals surface area contributed by atoms with E-state index in [1.165, 1.54) is 18.4 Å². The van der Waals surface area contributed by atoms with E-state index in [0.29, 0.717) is 0 Å². The number of benzene rings is 1. The molecule has 1 aliphatic carbocycles. The van der Waals surface area contributed by atoms with E-state index in [1.54, 1.807) is 0 Å². The van der Waals surface area contributed by atoms with Crippen LogP contribution in [0.3, 0.4) is 0 Å². The molecule has 1 radical (unpaired) electrons. The van der Waals surface area contributed by atoms with Gasteiger partial charge in [-0.2, -0.15) is 5.26 Å². The summed E-state index contributed by atoms with van der Waals surface area (Å²) in [6.45, 7) is 0. The normalized spacial score (nSPS) is 13.5. The molecular formula is C10H11BNO2. The second-order valence-corrected chi connectivity index (χ2v) is 3.13. The molecule has 1 aromatic carbocycles. The number of nitrogens with zero attached hydrogens (tertiary/aromatic N) is 1. The highest BCUT2D eigenvalue weighted by molar-refractivity contribution is 6.13. The molecular weight excluding hydrogens is 177 g/mol. The topological polar surface area (TPSA) is 64.2 Å². The van der Waals surface area contributed by atoms with Crippen LogP contribution in [0.15, 0.2) is 24.3 Å². The van der Waals surface area contributed by atoms with Crippen LogP contribution in [0, 0.1) is 11.3 Å².